The van der Waals surface area contributed by atoms with Crippen LogP contribution in [0.15, 0.2) is 36.5 Å². The molecular weight excluding hydrogens is 361 g/mol. The van der Waals surface area contributed by atoms with Gasteiger partial charge in [-0.3, -0.25) is 4.79 Å². The van der Waals surface area contributed by atoms with Gasteiger partial charge in [-0.2, -0.15) is 17.8 Å². The monoisotopic (exact) mass is 381 g/mol. The van der Waals surface area contributed by atoms with Crippen LogP contribution in [-0.2, 0) is 15.0 Å². The van der Waals surface area contributed by atoms with Crippen LogP contribution in [0.25, 0.3) is 5.69 Å². The fourth-order valence-corrected chi connectivity index (χ4v) is 3.85. The third kappa shape index (κ3) is 3.92. The van der Waals surface area contributed by atoms with E-state index in [0.29, 0.717) is 37.4 Å². The molecule has 26 heavy (non-hydrogen) atoms. The molecule has 1 aromatic heterocycles. The van der Waals surface area contributed by atoms with Crippen LogP contribution in [0.1, 0.15) is 12.8 Å². The second kappa shape index (κ2) is 7.52. The summed E-state index contributed by atoms with van der Waals surface area (Å²) in [7, 11) is -2.09. The Morgan fingerprint density at radius 1 is 1.19 bits per heavy atom. The molecule has 2 N–H and O–H groups in total. The molecule has 1 saturated heterocycles. The minimum atomic E-state index is -3.46. The summed E-state index contributed by atoms with van der Waals surface area (Å²) < 4.78 is 41.8. The lowest BCUT2D eigenvalue weighted by molar-refractivity contribution is -0.120. The molecule has 3 rings (SSSR count). The van der Waals surface area contributed by atoms with Crippen molar-refractivity contribution in [3.63, 3.8) is 0 Å². The van der Waals surface area contributed by atoms with Gasteiger partial charge >= 0.3 is 0 Å². The summed E-state index contributed by atoms with van der Waals surface area (Å²) in [5.74, 6) is -0.341. The average Bonchev–Trinajstić information content (AvgIpc) is 3.10. The number of hydrogen-bond acceptors (Lipinski definition) is 4. The number of nitrogens with one attached hydrogen (secondary N) is 2. The lowest BCUT2D eigenvalue weighted by Crippen LogP contribution is -2.45. The van der Waals surface area contributed by atoms with E-state index in [9.17, 15) is 17.6 Å². The molecule has 0 saturated carbocycles. The molecule has 1 fully saturated rings. The summed E-state index contributed by atoms with van der Waals surface area (Å²) in [6, 6.07) is 7.43. The summed E-state index contributed by atoms with van der Waals surface area (Å²) in [5, 5.41) is 6.98. The van der Waals surface area contributed by atoms with E-state index in [-0.39, 0.29) is 17.6 Å². The zero-order chi connectivity index (χ0) is 18.7. The van der Waals surface area contributed by atoms with Crippen molar-refractivity contribution in [3.05, 3.63) is 42.3 Å². The molecule has 0 unspecified atom stereocenters. The van der Waals surface area contributed by atoms with E-state index in [1.54, 1.807) is 24.4 Å². The maximum atomic E-state index is 13.1. The highest BCUT2D eigenvalue weighted by Crippen LogP contribution is 2.22. The summed E-state index contributed by atoms with van der Waals surface area (Å²) in [6.45, 7) is 0.580. The number of carbonyl (C=O) groups is 1. The Morgan fingerprint density at radius 2 is 1.85 bits per heavy atom. The van der Waals surface area contributed by atoms with Gasteiger partial charge in [0, 0.05) is 32.1 Å². The van der Waals surface area contributed by atoms with Gasteiger partial charge in [-0.05, 0) is 37.1 Å². The van der Waals surface area contributed by atoms with Crippen LogP contribution in [0.2, 0.25) is 0 Å². The third-order valence-corrected chi connectivity index (χ3v) is 5.95. The fraction of sp³-hybridized carbons (Fsp3) is 0.375. The van der Waals surface area contributed by atoms with Gasteiger partial charge in [-0.15, -0.1) is 0 Å². The number of amides is 1. The first-order valence-electron chi connectivity index (χ1n) is 8.20. The number of piperidine rings is 1. The van der Waals surface area contributed by atoms with Gasteiger partial charge in [-0.1, -0.05) is 0 Å². The average molecular weight is 381 g/mol. The first-order valence-corrected chi connectivity index (χ1v) is 9.64. The van der Waals surface area contributed by atoms with Crippen LogP contribution >= 0.6 is 0 Å². The number of halogens is 1. The van der Waals surface area contributed by atoms with E-state index in [0.717, 1.165) is 0 Å². The van der Waals surface area contributed by atoms with Crippen LogP contribution in [0.4, 0.5) is 10.2 Å². The maximum absolute atomic E-state index is 13.1. The minimum Gasteiger partial charge on any atom is -0.310 e. The minimum absolute atomic E-state index is 0.185. The Morgan fingerprint density at radius 3 is 2.46 bits per heavy atom. The number of benzene rings is 1. The molecule has 1 aliphatic heterocycles. The van der Waals surface area contributed by atoms with Gasteiger partial charge in [0.2, 0.25) is 5.91 Å². The van der Waals surface area contributed by atoms with Crippen molar-refractivity contribution in [2.75, 3.05) is 25.5 Å². The predicted octanol–water partition coefficient (Wildman–Crippen LogP) is 1.13. The van der Waals surface area contributed by atoms with Crippen LogP contribution in [0, 0.1) is 11.7 Å². The van der Waals surface area contributed by atoms with Crippen molar-refractivity contribution in [2.24, 2.45) is 5.92 Å². The fourth-order valence-electron chi connectivity index (χ4n) is 2.90. The number of aromatic nitrogens is 2. The molecule has 140 valence electrons. The van der Waals surface area contributed by atoms with E-state index < -0.39 is 10.2 Å². The molecule has 1 amide bonds. The Kier molecular flexibility index (Phi) is 5.35. The quantitative estimate of drug-likeness (QED) is 0.811. The topological polar surface area (TPSA) is 96.3 Å². The van der Waals surface area contributed by atoms with Crippen LogP contribution in [-0.4, -0.2) is 48.5 Å². The van der Waals surface area contributed by atoms with E-state index in [1.165, 1.54) is 28.2 Å². The first-order chi connectivity index (χ1) is 12.4. The Balaban J connectivity index is 1.65. The SMILES string of the molecule is CNS(=O)(=O)N1CCC(C(=O)Nc2ccnn2-c2ccc(F)cc2)CC1. The van der Waals surface area contributed by atoms with Gasteiger partial charge in [0.1, 0.15) is 11.6 Å². The summed E-state index contributed by atoms with van der Waals surface area (Å²) in [5.41, 5.74) is 0.627. The van der Waals surface area contributed by atoms with Crippen LogP contribution in [0.5, 0.6) is 0 Å². The molecular formula is C16H20FN5O3S. The lowest BCUT2D eigenvalue weighted by Gasteiger charge is -2.30. The molecule has 2 heterocycles. The number of carbonyl (C=O) groups excluding carboxylic acids is 1. The van der Waals surface area contributed by atoms with Gasteiger partial charge < -0.3 is 5.32 Å². The normalized spacial score (nSPS) is 16.5. The Labute approximate surface area is 151 Å². The van der Waals surface area contributed by atoms with E-state index in [1.807, 2.05) is 0 Å². The van der Waals surface area contributed by atoms with Crippen molar-refractivity contribution in [2.45, 2.75) is 12.8 Å². The van der Waals surface area contributed by atoms with Crippen LogP contribution < -0.4 is 10.0 Å². The van der Waals surface area contributed by atoms with Crippen LogP contribution in [0.3, 0.4) is 0 Å². The van der Waals surface area contributed by atoms with Crippen molar-refractivity contribution in [1.29, 1.82) is 0 Å². The van der Waals surface area contributed by atoms with E-state index >= 15 is 0 Å². The van der Waals surface area contributed by atoms with E-state index in [2.05, 4.69) is 15.1 Å². The largest absolute Gasteiger partial charge is 0.310 e. The van der Waals surface area contributed by atoms with Crippen molar-refractivity contribution < 1.29 is 17.6 Å². The lowest BCUT2D eigenvalue weighted by atomic mass is 9.97. The predicted molar refractivity (Wildman–Crippen MR) is 94.4 cm³/mol. The molecule has 0 radical (unpaired) electrons. The van der Waals surface area contributed by atoms with Crippen molar-refractivity contribution >= 4 is 21.9 Å². The molecule has 1 aliphatic rings. The smallest absolute Gasteiger partial charge is 0.279 e. The molecule has 0 bridgehead atoms. The number of anilines is 1. The van der Waals surface area contributed by atoms with Crippen molar-refractivity contribution in [3.8, 4) is 5.69 Å². The number of hydrogen-bond donors (Lipinski definition) is 2. The molecule has 0 aliphatic carbocycles. The number of nitrogens with zero attached hydrogens (tertiary/aromatic N) is 3. The number of rotatable bonds is 5. The second-order valence-electron chi connectivity index (χ2n) is 5.98. The summed E-state index contributed by atoms with van der Waals surface area (Å²) in [4.78, 5) is 12.5. The standard InChI is InChI=1S/C16H20FN5O3S/c1-18-26(24,25)21-10-7-12(8-11-21)16(23)20-15-6-9-19-22(15)14-4-2-13(17)3-5-14/h2-6,9,12,18H,7-8,10-11H2,1H3,(H,20,23). The van der Waals surface area contributed by atoms with Gasteiger partial charge in [0.25, 0.3) is 10.2 Å². The zero-order valence-corrected chi connectivity index (χ0v) is 15.0. The molecule has 0 spiro atoms. The summed E-state index contributed by atoms with van der Waals surface area (Å²) in [6.07, 6.45) is 2.43. The zero-order valence-electron chi connectivity index (χ0n) is 14.2. The Bertz CT molecular complexity index is 874. The van der Waals surface area contributed by atoms with Crippen molar-refractivity contribution in [1.82, 2.24) is 18.8 Å². The highest BCUT2D eigenvalue weighted by Gasteiger charge is 2.30. The van der Waals surface area contributed by atoms with Gasteiger partial charge in [0.05, 0.1) is 11.9 Å². The molecule has 10 heteroatoms. The highest BCUT2D eigenvalue weighted by atomic mass is 32.2. The van der Waals surface area contributed by atoms with Gasteiger partial charge in [-0.25, -0.2) is 13.8 Å². The molecule has 1 aromatic carbocycles. The molecule has 8 nitrogen and oxygen atoms in total. The van der Waals surface area contributed by atoms with Gasteiger partial charge in [0.15, 0.2) is 0 Å². The summed E-state index contributed by atoms with van der Waals surface area (Å²) >= 11 is 0. The third-order valence-electron chi connectivity index (χ3n) is 4.39. The first kappa shape index (κ1) is 18.5. The highest BCUT2D eigenvalue weighted by molar-refractivity contribution is 7.87. The van der Waals surface area contributed by atoms with E-state index in [4.69, 9.17) is 0 Å². The maximum Gasteiger partial charge on any atom is 0.279 e. The molecule has 2 aromatic rings. The Hall–Kier alpha value is -2.30. The molecule has 0 atom stereocenters. The second-order valence-corrected chi connectivity index (χ2v) is 7.85.